The van der Waals surface area contributed by atoms with Crippen molar-refractivity contribution < 1.29 is 60.3 Å². The predicted octanol–water partition coefficient (Wildman–Crippen LogP) is -4.79. The van der Waals surface area contributed by atoms with Gasteiger partial charge in [0.05, 0.1) is 13.2 Å². The summed E-state index contributed by atoms with van der Waals surface area (Å²) in [4.78, 5) is 20.4. The molecule has 0 saturated carbocycles. The van der Waals surface area contributed by atoms with Crippen LogP contribution in [0.25, 0.3) is 0 Å². The number of aliphatic hydroxyl groups is 9. The van der Waals surface area contributed by atoms with Crippen molar-refractivity contribution in [2.24, 2.45) is 0 Å². The summed E-state index contributed by atoms with van der Waals surface area (Å²) in [5.41, 5.74) is 0. The molecule has 12 heteroatoms. The Hall–Kier alpha value is -1.80. The first-order valence-electron chi connectivity index (χ1n) is 6.52. The molecule has 1 aliphatic heterocycles. The molecule has 6 atom stereocenters. The van der Waals surface area contributed by atoms with Gasteiger partial charge in [0.1, 0.15) is 30.5 Å². The summed E-state index contributed by atoms with van der Waals surface area (Å²) in [6.07, 6.45) is -9.62. The minimum atomic E-state index is -1.79. The van der Waals surface area contributed by atoms with Gasteiger partial charge in [-0.05, 0) is 0 Å². The van der Waals surface area contributed by atoms with Gasteiger partial charge in [-0.15, -0.1) is 0 Å². The molecule has 1 aliphatic rings. The third kappa shape index (κ3) is 5.68. The molecule has 12 nitrogen and oxygen atoms in total. The number of ether oxygens (including phenoxy) is 1. The Balaban J connectivity index is 0.000000441. The van der Waals surface area contributed by atoms with Crippen molar-refractivity contribution in [3.8, 4) is 0 Å². The van der Waals surface area contributed by atoms with Crippen molar-refractivity contribution in [1.82, 2.24) is 0 Å². The van der Waals surface area contributed by atoms with E-state index in [1.807, 2.05) is 0 Å². The number of carbonyl (C=O) groups excluding carboxylic acids is 2. The lowest BCUT2D eigenvalue weighted by molar-refractivity contribution is -0.147. The summed E-state index contributed by atoms with van der Waals surface area (Å²) in [6, 6.07) is 0. The molecule has 1 rings (SSSR count). The van der Waals surface area contributed by atoms with Crippen LogP contribution in [0.15, 0.2) is 11.5 Å². The second-order valence-electron chi connectivity index (χ2n) is 4.67. The molecule has 0 bridgehead atoms. The molecule has 1 heterocycles. The van der Waals surface area contributed by atoms with Crippen LogP contribution in [-0.4, -0.2) is 108 Å². The van der Waals surface area contributed by atoms with Gasteiger partial charge in [0.15, 0.2) is 18.1 Å². The zero-order valence-corrected chi connectivity index (χ0v) is 12.2. The number of hydrogen-bond acceptors (Lipinski definition) is 12. The lowest BCUT2D eigenvalue weighted by atomic mass is 10.0. The van der Waals surface area contributed by atoms with Crippen LogP contribution in [0.1, 0.15) is 0 Å². The number of aliphatic hydroxyl groups excluding tert-OH is 9. The summed E-state index contributed by atoms with van der Waals surface area (Å²) < 4.78 is 4.32. The van der Waals surface area contributed by atoms with E-state index in [1.54, 1.807) is 0 Å². The van der Waals surface area contributed by atoms with Crippen LogP contribution >= 0.6 is 0 Å². The van der Waals surface area contributed by atoms with E-state index in [0.717, 1.165) is 0 Å². The van der Waals surface area contributed by atoms with Gasteiger partial charge in [-0.25, -0.2) is 4.79 Å². The largest absolute Gasteiger partial charge is 0.505 e. The third-order valence-corrected chi connectivity index (χ3v) is 2.90. The molecule has 0 aliphatic carbocycles. The Bertz CT molecular complexity index is 449. The molecule has 0 aromatic heterocycles. The van der Waals surface area contributed by atoms with E-state index in [4.69, 9.17) is 46.0 Å². The first-order chi connectivity index (χ1) is 11.1. The lowest BCUT2D eigenvalue weighted by Crippen LogP contribution is -2.46. The van der Waals surface area contributed by atoms with Crippen molar-refractivity contribution in [2.45, 2.75) is 36.6 Å². The molecule has 0 saturated heterocycles. The van der Waals surface area contributed by atoms with Gasteiger partial charge < -0.3 is 55.5 Å². The van der Waals surface area contributed by atoms with Gasteiger partial charge in [0.2, 0.25) is 5.76 Å². The highest BCUT2D eigenvalue weighted by atomic mass is 16.6. The Kier molecular flexibility index (Phi) is 9.38. The topological polar surface area (TPSA) is 225 Å². The van der Waals surface area contributed by atoms with E-state index in [9.17, 15) is 9.59 Å². The van der Waals surface area contributed by atoms with Crippen LogP contribution in [0.5, 0.6) is 0 Å². The quantitative estimate of drug-likeness (QED) is 0.155. The Morgan fingerprint density at radius 3 is 1.88 bits per heavy atom. The maximum Gasteiger partial charge on any atom is 0.377 e. The van der Waals surface area contributed by atoms with Gasteiger partial charge in [0, 0.05) is 0 Å². The van der Waals surface area contributed by atoms with Gasteiger partial charge in [-0.3, -0.25) is 0 Å². The molecule has 0 spiro atoms. The molecule has 0 aromatic carbocycles. The summed E-state index contributed by atoms with van der Waals surface area (Å²) in [5, 5.41) is 78.6. The normalized spacial score (nSPS) is 23.5. The minimum Gasteiger partial charge on any atom is -0.505 e. The third-order valence-electron chi connectivity index (χ3n) is 2.90. The summed E-state index contributed by atoms with van der Waals surface area (Å²) in [6.45, 7) is -1.43. The van der Waals surface area contributed by atoms with Gasteiger partial charge in [-0.1, -0.05) is 0 Å². The van der Waals surface area contributed by atoms with E-state index >= 15 is 0 Å². The molecule has 0 aromatic rings. The van der Waals surface area contributed by atoms with Gasteiger partial charge in [0.25, 0.3) is 0 Å². The first kappa shape index (κ1) is 22.2. The molecule has 9 N–H and O–H groups in total. The number of hydrogen-bond donors (Lipinski definition) is 9. The van der Waals surface area contributed by atoms with Crippen molar-refractivity contribution in [3.05, 3.63) is 11.5 Å². The van der Waals surface area contributed by atoms with Crippen LogP contribution in [0.4, 0.5) is 0 Å². The van der Waals surface area contributed by atoms with Crippen molar-refractivity contribution in [1.29, 1.82) is 0 Å². The maximum atomic E-state index is 10.5. The minimum absolute atomic E-state index is 0.0258. The fourth-order valence-corrected chi connectivity index (χ4v) is 1.44. The van der Waals surface area contributed by atoms with Crippen molar-refractivity contribution >= 4 is 12.3 Å². The van der Waals surface area contributed by atoms with E-state index in [-0.39, 0.29) is 6.29 Å². The highest BCUT2D eigenvalue weighted by Gasteiger charge is 2.38. The highest BCUT2D eigenvalue weighted by Crippen LogP contribution is 2.20. The zero-order valence-electron chi connectivity index (χ0n) is 12.2. The number of cyclic esters (lactones) is 1. The molecule has 0 radical (unpaired) electrons. The molecule has 140 valence electrons. The second kappa shape index (κ2) is 10.1. The number of rotatable bonds is 7. The first-order valence-corrected chi connectivity index (χ1v) is 6.52. The molecule has 0 fully saturated rings. The molecule has 0 amide bonds. The summed E-state index contributed by atoms with van der Waals surface area (Å²) in [7, 11) is 0. The predicted molar refractivity (Wildman–Crippen MR) is 72.4 cm³/mol. The lowest BCUT2D eigenvalue weighted by Gasteiger charge is -2.22. The SMILES string of the molecule is O=C1O[C@H]([C@@H](O)CO)C(O)=C1O.O=C[C@H](O)[C@@H](O)[C@H](O)[C@H](O)CO. The Labute approximate surface area is 135 Å². The number of carbonyl (C=O) groups is 2. The van der Waals surface area contributed by atoms with Crippen molar-refractivity contribution in [3.63, 3.8) is 0 Å². The van der Waals surface area contributed by atoms with Gasteiger partial charge >= 0.3 is 5.97 Å². The van der Waals surface area contributed by atoms with Crippen LogP contribution < -0.4 is 0 Å². The van der Waals surface area contributed by atoms with E-state index in [2.05, 4.69) is 4.74 Å². The molecule has 24 heavy (non-hydrogen) atoms. The standard InChI is InChI=1S/C6H8O6.C6H12O6/c7-1-2(8)5-3(9)4(10)6(11)12-5;7-1-3(9)5(11)6(12)4(10)2-8/h2,5,7-10H,1H2;1,3-6,8-12H,2H2/t2-,5+;3-,4+,5+,6+/m00/s1. The van der Waals surface area contributed by atoms with E-state index in [0.29, 0.717) is 0 Å². The summed E-state index contributed by atoms with van der Waals surface area (Å²) >= 11 is 0. The summed E-state index contributed by atoms with van der Waals surface area (Å²) in [5.74, 6) is -2.78. The Morgan fingerprint density at radius 1 is 1.00 bits per heavy atom. The van der Waals surface area contributed by atoms with E-state index in [1.165, 1.54) is 0 Å². The van der Waals surface area contributed by atoms with E-state index < -0.39 is 67.3 Å². The van der Waals surface area contributed by atoms with Crippen LogP contribution in [0, 0.1) is 0 Å². The zero-order chi connectivity index (χ0) is 19.0. The smallest absolute Gasteiger partial charge is 0.377 e. The average molecular weight is 356 g/mol. The van der Waals surface area contributed by atoms with Crippen LogP contribution in [0.3, 0.4) is 0 Å². The van der Waals surface area contributed by atoms with Gasteiger partial charge in [-0.2, -0.15) is 0 Å². The van der Waals surface area contributed by atoms with Crippen molar-refractivity contribution in [2.75, 3.05) is 13.2 Å². The molecular formula is C12H20O12. The molecule has 0 unspecified atom stereocenters. The average Bonchev–Trinajstić information content (AvgIpc) is 2.86. The Morgan fingerprint density at radius 2 is 1.54 bits per heavy atom. The highest BCUT2D eigenvalue weighted by molar-refractivity contribution is 5.89. The number of aldehydes is 1. The fraction of sp³-hybridized carbons (Fsp3) is 0.667. The molecular weight excluding hydrogens is 336 g/mol. The number of esters is 1. The monoisotopic (exact) mass is 356 g/mol. The van der Waals surface area contributed by atoms with Crippen LogP contribution in [-0.2, 0) is 14.3 Å². The maximum absolute atomic E-state index is 10.5. The fourth-order valence-electron chi connectivity index (χ4n) is 1.44. The second-order valence-corrected chi connectivity index (χ2v) is 4.67. The van der Waals surface area contributed by atoms with Crippen LogP contribution in [0.2, 0.25) is 0 Å².